The molecule has 0 aliphatic rings. The van der Waals surface area contributed by atoms with Crippen LogP contribution in [0.2, 0.25) is 0 Å². The predicted octanol–water partition coefficient (Wildman–Crippen LogP) is 10.4. The van der Waals surface area contributed by atoms with Gasteiger partial charge in [0.05, 0.1) is 13.2 Å². The Hall–Kier alpha value is -3.65. The molecule has 0 aliphatic carbocycles. The molecule has 2 nitrogen and oxygen atoms in total. The highest BCUT2D eigenvalue weighted by molar-refractivity contribution is 7.16. The fourth-order valence-electron chi connectivity index (χ4n) is 3.95. The molecule has 0 saturated heterocycles. The summed E-state index contributed by atoms with van der Waals surface area (Å²) < 4.78 is 50.6. The van der Waals surface area contributed by atoms with E-state index >= 15 is 0 Å². The summed E-state index contributed by atoms with van der Waals surface area (Å²) in [5.74, 6) is 1.59. The number of hydrogen-bond donors (Lipinski definition) is 0. The van der Waals surface area contributed by atoms with Crippen LogP contribution in [-0.2, 0) is 0 Å². The van der Waals surface area contributed by atoms with Crippen molar-refractivity contribution in [1.29, 1.82) is 0 Å². The average Bonchev–Trinajstić information content (AvgIpc) is 2.93. The lowest BCUT2D eigenvalue weighted by Crippen LogP contribution is -2.02. The highest BCUT2D eigenvalue weighted by Crippen LogP contribution is 2.36. The molecule has 204 valence electrons. The second kappa shape index (κ2) is 14.5. The first kappa shape index (κ1) is 29.9. The molecule has 0 radical (unpaired) electrons. The number of ether oxygens (including phenoxy) is 2. The summed E-state index contributed by atoms with van der Waals surface area (Å²) in [6.07, 6.45) is 3.23. The molecule has 0 bridgehead atoms. The van der Waals surface area contributed by atoms with Crippen LogP contribution in [0.4, 0.5) is 17.3 Å². The first-order valence-corrected chi connectivity index (χ1v) is 13.6. The smallest absolute Gasteiger partial charge is 0.490 e. The van der Waals surface area contributed by atoms with Crippen LogP contribution in [-0.4, -0.2) is 20.5 Å². The van der Waals surface area contributed by atoms with Gasteiger partial charge in [-0.05, 0) is 66.8 Å². The van der Waals surface area contributed by atoms with Crippen molar-refractivity contribution in [3.05, 3.63) is 101 Å². The molecule has 1 heterocycles. The summed E-state index contributed by atoms with van der Waals surface area (Å²) in [6.45, 7) is 7.42. The van der Waals surface area contributed by atoms with Crippen molar-refractivity contribution >= 4 is 30.2 Å². The van der Waals surface area contributed by atoms with Crippen LogP contribution in [0.3, 0.4) is 0 Å². The molecule has 1 aromatic heterocycles. The van der Waals surface area contributed by atoms with Crippen LogP contribution in [0, 0.1) is 0 Å². The molecule has 39 heavy (non-hydrogen) atoms. The molecular formula is C31H31BF4O2S. The third-order valence-corrected chi connectivity index (χ3v) is 6.63. The van der Waals surface area contributed by atoms with Crippen LogP contribution in [0.25, 0.3) is 33.2 Å². The summed E-state index contributed by atoms with van der Waals surface area (Å²) in [4.78, 5) is 2.48. The van der Waals surface area contributed by atoms with E-state index in [1.165, 1.54) is 32.0 Å². The van der Waals surface area contributed by atoms with Crippen molar-refractivity contribution in [3.8, 4) is 33.1 Å². The minimum atomic E-state index is -6.00. The van der Waals surface area contributed by atoms with Crippen molar-refractivity contribution in [1.82, 2.24) is 0 Å². The SMILES string of the molecule is CCOc1ccc(C(=Cc2cc(-c3ccccc3)cc(-c3ccccc3)[s+]2)CC)cc1OCC.F[B-](F)(F)F. The summed E-state index contributed by atoms with van der Waals surface area (Å²) in [7, 11) is -6.00. The average molecular weight is 554 g/mol. The lowest BCUT2D eigenvalue weighted by molar-refractivity contribution is 0.287. The lowest BCUT2D eigenvalue weighted by Gasteiger charge is -2.13. The third kappa shape index (κ3) is 9.55. The summed E-state index contributed by atoms with van der Waals surface area (Å²) >= 11 is 1.82. The Balaban J connectivity index is 0.000000771. The van der Waals surface area contributed by atoms with Crippen molar-refractivity contribution in [2.45, 2.75) is 27.2 Å². The van der Waals surface area contributed by atoms with E-state index in [1.54, 1.807) is 0 Å². The Morgan fingerprint density at radius 3 is 1.82 bits per heavy atom. The van der Waals surface area contributed by atoms with E-state index in [-0.39, 0.29) is 0 Å². The van der Waals surface area contributed by atoms with Gasteiger partial charge in [-0.1, -0.05) is 61.5 Å². The molecule has 0 N–H and O–H groups in total. The van der Waals surface area contributed by atoms with E-state index in [9.17, 15) is 17.3 Å². The van der Waals surface area contributed by atoms with Gasteiger partial charge in [-0.3, -0.25) is 0 Å². The van der Waals surface area contributed by atoms with Gasteiger partial charge >= 0.3 is 7.25 Å². The number of benzene rings is 3. The highest BCUT2D eigenvalue weighted by Gasteiger charge is 2.20. The van der Waals surface area contributed by atoms with Gasteiger partial charge in [0.2, 0.25) is 21.1 Å². The minimum Gasteiger partial charge on any atom is -0.490 e. The van der Waals surface area contributed by atoms with Gasteiger partial charge < -0.3 is 26.7 Å². The molecule has 4 rings (SSSR count). The number of allylic oxidation sites excluding steroid dienone is 1. The molecule has 0 aliphatic heterocycles. The largest absolute Gasteiger partial charge is 0.673 e. The van der Waals surface area contributed by atoms with Crippen LogP contribution in [0.15, 0.2) is 91.0 Å². The van der Waals surface area contributed by atoms with Crippen molar-refractivity contribution in [2.24, 2.45) is 0 Å². The fraction of sp³-hybridized carbons (Fsp3) is 0.194. The number of hydrogen-bond acceptors (Lipinski definition) is 2. The van der Waals surface area contributed by atoms with Gasteiger partial charge in [0, 0.05) is 23.8 Å². The Morgan fingerprint density at radius 2 is 1.26 bits per heavy atom. The van der Waals surface area contributed by atoms with Crippen molar-refractivity contribution < 1.29 is 26.7 Å². The van der Waals surface area contributed by atoms with E-state index in [0.29, 0.717) is 13.2 Å². The second-order valence-corrected chi connectivity index (χ2v) is 9.51. The molecule has 0 unspecified atom stereocenters. The molecule has 0 atom stereocenters. The molecule has 0 fully saturated rings. The van der Waals surface area contributed by atoms with E-state index in [1.807, 2.05) is 31.3 Å². The second-order valence-electron chi connectivity index (χ2n) is 8.39. The lowest BCUT2D eigenvalue weighted by atomic mass is 10.0. The van der Waals surface area contributed by atoms with E-state index in [0.717, 1.165) is 23.5 Å². The fourth-order valence-corrected chi connectivity index (χ4v) is 5.03. The van der Waals surface area contributed by atoms with Crippen molar-refractivity contribution in [3.63, 3.8) is 0 Å². The summed E-state index contributed by atoms with van der Waals surface area (Å²) in [6, 6.07) is 32.0. The Kier molecular flexibility index (Phi) is 11.1. The topological polar surface area (TPSA) is 18.5 Å². The van der Waals surface area contributed by atoms with E-state index in [4.69, 9.17) is 9.47 Å². The zero-order valence-electron chi connectivity index (χ0n) is 22.2. The van der Waals surface area contributed by atoms with Crippen LogP contribution < -0.4 is 9.47 Å². The maximum Gasteiger partial charge on any atom is 0.673 e. The normalized spacial score (nSPS) is 11.4. The molecule has 0 amide bonds. The maximum absolute atomic E-state index is 9.75. The molecule has 0 saturated carbocycles. The first-order chi connectivity index (χ1) is 18.7. The van der Waals surface area contributed by atoms with Gasteiger partial charge in [-0.15, -0.1) is 0 Å². The molecule has 0 spiro atoms. The number of rotatable bonds is 9. The molecular weight excluding hydrogens is 523 g/mol. The maximum atomic E-state index is 9.75. The van der Waals surface area contributed by atoms with Gasteiger partial charge in [-0.25, -0.2) is 0 Å². The molecule has 8 heteroatoms. The Morgan fingerprint density at radius 1 is 0.692 bits per heavy atom. The standard InChI is InChI=1S/C31H31O2S.BF4/c1-4-23(26-17-18-29(32-5-2)30(21-26)33-6-3)19-28-20-27(24-13-9-7-10-14-24)22-31(34-28)25-15-11-8-12-16-25;2-1(3,4)5/h7-22H,4-6H2,1-3H3;/q+1;-1. The zero-order valence-corrected chi connectivity index (χ0v) is 23.0. The van der Waals surface area contributed by atoms with Crippen LogP contribution >= 0.6 is 11.3 Å². The molecule has 4 aromatic rings. The predicted molar refractivity (Wildman–Crippen MR) is 157 cm³/mol. The summed E-state index contributed by atoms with van der Waals surface area (Å²) in [5, 5.41) is 0. The summed E-state index contributed by atoms with van der Waals surface area (Å²) in [5.41, 5.74) is 6.11. The monoisotopic (exact) mass is 554 g/mol. The number of halogens is 4. The van der Waals surface area contributed by atoms with Crippen LogP contribution in [0.5, 0.6) is 11.5 Å². The van der Waals surface area contributed by atoms with E-state index < -0.39 is 7.25 Å². The Bertz CT molecular complexity index is 1300. The first-order valence-electron chi connectivity index (χ1n) is 12.8. The minimum absolute atomic E-state index is 0.607. The van der Waals surface area contributed by atoms with Crippen molar-refractivity contribution in [2.75, 3.05) is 13.2 Å². The van der Waals surface area contributed by atoms with Gasteiger partial charge in [-0.2, -0.15) is 0 Å². The quantitative estimate of drug-likeness (QED) is 0.116. The highest BCUT2D eigenvalue weighted by atomic mass is 32.1. The molecule has 3 aromatic carbocycles. The van der Waals surface area contributed by atoms with Crippen LogP contribution in [0.1, 0.15) is 37.6 Å². The zero-order chi connectivity index (χ0) is 28.3. The van der Waals surface area contributed by atoms with E-state index in [2.05, 4.69) is 97.9 Å². The van der Waals surface area contributed by atoms with Gasteiger partial charge in [0.15, 0.2) is 11.5 Å². The van der Waals surface area contributed by atoms with Gasteiger partial charge in [0.25, 0.3) is 0 Å². The van der Waals surface area contributed by atoms with Gasteiger partial charge in [0.1, 0.15) is 0 Å². The third-order valence-electron chi connectivity index (χ3n) is 5.59. The Labute approximate surface area is 231 Å².